The second-order valence-electron chi connectivity index (χ2n) is 8.25. The molecule has 0 aliphatic rings. The van der Waals surface area contributed by atoms with Crippen LogP contribution in [0.1, 0.15) is 62.1 Å². The maximum absolute atomic E-state index is 12.5. The quantitative estimate of drug-likeness (QED) is 0.791. The van der Waals surface area contributed by atoms with E-state index in [1.807, 2.05) is 24.4 Å². The van der Waals surface area contributed by atoms with Gasteiger partial charge in [-0.2, -0.15) is 0 Å². The molecular weight excluding hydrogens is 332 g/mol. The van der Waals surface area contributed by atoms with Gasteiger partial charge in [-0.1, -0.05) is 20.8 Å². The third-order valence-electron chi connectivity index (χ3n) is 3.59. The fourth-order valence-electron chi connectivity index (χ4n) is 3.08. The highest BCUT2D eigenvalue weighted by atomic mass is 32.1. The first kappa shape index (κ1) is 19.4. The van der Waals surface area contributed by atoms with Crippen LogP contribution < -0.4 is 10.1 Å². The highest BCUT2D eigenvalue weighted by Crippen LogP contribution is 2.27. The van der Waals surface area contributed by atoms with E-state index < -0.39 is 0 Å². The van der Waals surface area contributed by atoms with Crippen molar-refractivity contribution in [3.63, 3.8) is 0 Å². The van der Waals surface area contributed by atoms with Gasteiger partial charge >= 0.3 is 0 Å². The standard InChI is InChI=1S/C20H28N2O2S/c1-14-21-16(12-25-14)11-24-17-9-7-15(8-10-17)18(23)22-20(5,6)13-19(2,3)4/h7-10,12H,11,13H2,1-6H3,(H,22,23). The third kappa shape index (κ3) is 6.50. The van der Waals surface area contributed by atoms with Crippen LogP contribution in [-0.4, -0.2) is 16.4 Å². The molecule has 1 aromatic carbocycles. The van der Waals surface area contributed by atoms with Crippen molar-refractivity contribution in [2.75, 3.05) is 0 Å². The number of ether oxygens (including phenoxy) is 1. The predicted molar refractivity (Wildman–Crippen MR) is 103 cm³/mol. The molecule has 0 spiro atoms. The van der Waals surface area contributed by atoms with Crippen molar-refractivity contribution < 1.29 is 9.53 Å². The first-order valence-electron chi connectivity index (χ1n) is 8.50. The minimum atomic E-state index is -0.257. The van der Waals surface area contributed by atoms with E-state index in [-0.39, 0.29) is 16.9 Å². The number of nitrogens with zero attached hydrogens (tertiary/aromatic N) is 1. The van der Waals surface area contributed by atoms with Crippen molar-refractivity contribution in [3.8, 4) is 5.75 Å². The number of nitrogens with one attached hydrogen (secondary N) is 1. The summed E-state index contributed by atoms with van der Waals surface area (Å²) in [5, 5.41) is 6.15. The van der Waals surface area contributed by atoms with Gasteiger partial charge in [-0.25, -0.2) is 4.98 Å². The van der Waals surface area contributed by atoms with Gasteiger partial charge in [0, 0.05) is 16.5 Å². The minimum absolute atomic E-state index is 0.0593. The van der Waals surface area contributed by atoms with Crippen molar-refractivity contribution in [1.29, 1.82) is 0 Å². The molecule has 1 aromatic heterocycles. The van der Waals surface area contributed by atoms with Gasteiger partial charge in [-0.15, -0.1) is 11.3 Å². The molecule has 25 heavy (non-hydrogen) atoms. The number of hydrogen-bond acceptors (Lipinski definition) is 4. The molecule has 0 aliphatic carbocycles. The van der Waals surface area contributed by atoms with Crippen molar-refractivity contribution in [2.45, 2.75) is 60.1 Å². The maximum Gasteiger partial charge on any atom is 0.251 e. The molecule has 2 rings (SSSR count). The molecule has 5 heteroatoms. The van der Waals surface area contributed by atoms with Crippen molar-refractivity contribution in [2.24, 2.45) is 5.41 Å². The summed E-state index contributed by atoms with van der Waals surface area (Å²) in [6.07, 6.45) is 0.903. The second-order valence-corrected chi connectivity index (χ2v) is 9.31. The van der Waals surface area contributed by atoms with Crippen molar-refractivity contribution >= 4 is 17.2 Å². The predicted octanol–water partition coefficient (Wildman–Crippen LogP) is 4.98. The molecule has 1 amide bonds. The van der Waals surface area contributed by atoms with E-state index in [9.17, 15) is 4.79 Å². The number of hydrogen-bond donors (Lipinski definition) is 1. The Hall–Kier alpha value is -1.88. The molecule has 0 bridgehead atoms. The summed E-state index contributed by atoms with van der Waals surface area (Å²) in [6.45, 7) is 13.1. The number of benzene rings is 1. The van der Waals surface area contributed by atoms with E-state index >= 15 is 0 Å². The molecule has 0 saturated heterocycles. The molecular formula is C20H28N2O2S. The lowest BCUT2D eigenvalue weighted by atomic mass is 9.81. The van der Waals surface area contributed by atoms with E-state index in [4.69, 9.17) is 4.74 Å². The van der Waals surface area contributed by atoms with Gasteiger partial charge in [-0.3, -0.25) is 4.79 Å². The number of aromatic nitrogens is 1. The molecule has 0 saturated carbocycles. The first-order valence-corrected chi connectivity index (χ1v) is 9.38. The zero-order valence-corrected chi connectivity index (χ0v) is 16.8. The lowest BCUT2D eigenvalue weighted by Crippen LogP contribution is -2.45. The summed E-state index contributed by atoms with van der Waals surface area (Å²) >= 11 is 1.61. The van der Waals surface area contributed by atoms with Crippen LogP contribution in [0.15, 0.2) is 29.6 Å². The van der Waals surface area contributed by atoms with Crippen LogP contribution in [0.5, 0.6) is 5.75 Å². The highest BCUT2D eigenvalue weighted by molar-refractivity contribution is 7.09. The summed E-state index contributed by atoms with van der Waals surface area (Å²) in [7, 11) is 0. The van der Waals surface area contributed by atoms with E-state index in [1.54, 1.807) is 23.5 Å². The van der Waals surface area contributed by atoms with Crippen LogP contribution in [-0.2, 0) is 6.61 Å². The monoisotopic (exact) mass is 360 g/mol. The topological polar surface area (TPSA) is 51.2 Å². The number of thiazole rings is 1. The van der Waals surface area contributed by atoms with Crippen LogP contribution in [0.4, 0.5) is 0 Å². The number of rotatable bonds is 6. The third-order valence-corrected chi connectivity index (χ3v) is 4.42. The normalized spacial score (nSPS) is 12.1. The van der Waals surface area contributed by atoms with Crippen molar-refractivity contribution in [1.82, 2.24) is 10.3 Å². The van der Waals surface area contributed by atoms with Gasteiger partial charge in [0.25, 0.3) is 5.91 Å². The summed E-state index contributed by atoms with van der Waals surface area (Å²) in [6, 6.07) is 7.24. The Labute approximate surface area is 154 Å². The second kappa shape index (κ2) is 7.56. The summed E-state index contributed by atoms with van der Waals surface area (Å²) < 4.78 is 5.72. The van der Waals surface area contributed by atoms with Gasteiger partial charge in [0.1, 0.15) is 12.4 Å². The van der Waals surface area contributed by atoms with Gasteiger partial charge in [0.2, 0.25) is 0 Å². The average molecular weight is 361 g/mol. The first-order chi connectivity index (χ1) is 11.5. The zero-order chi connectivity index (χ0) is 18.7. The zero-order valence-electron chi connectivity index (χ0n) is 16.0. The van der Waals surface area contributed by atoms with E-state index in [0.29, 0.717) is 12.2 Å². The number of carbonyl (C=O) groups is 1. The van der Waals surface area contributed by atoms with Crippen LogP contribution >= 0.6 is 11.3 Å². The van der Waals surface area contributed by atoms with E-state index in [0.717, 1.165) is 22.9 Å². The van der Waals surface area contributed by atoms with Gasteiger partial charge in [0.15, 0.2) is 0 Å². The molecule has 0 atom stereocenters. The Kier molecular flexibility index (Phi) is 5.88. The molecule has 2 aromatic rings. The van der Waals surface area contributed by atoms with Crippen LogP contribution in [0.25, 0.3) is 0 Å². The Morgan fingerprint density at radius 3 is 2.32 bits per heavy atom. The largest absolute Gasteiger partial charge is 0.487 e. The maximum atomic E-state index is 12.5. The molecule has 1 N–H and O–H groups in total. The SMILES string of the molecule is Cc1nc(COc2ccc(C(=O)NC(C)(C)CC(C)(C)C)cc2)cs1. The number of carbonyl (C=O) groups excluding carboxylic acids is 1. The molecule has 0 unspecified atom stereocenters. The van der Waals surface area contributed by atoms with Crippen LogP contribution in [0.3, 0.4) is 0 Å². The summed E-state index contributed by atoms with van der Waals surface area (Å²) in [5.41, 5.74) is 1.46. The van der Waals surface area contributed by atoms with E-state index in [2.05, 4.69) is 44.9 Å². The Morgan fingerprint density at radius 2 is 1.80 bits per heavy atom. The number of amides is 1. The number of aryl methyl sites for hydroxylation is 1. The average Bonchev–Trinajstić information content (AvgIpc) is 2.88. The summed E-state index contributed by atoms with van der Waals surface area (Å²) in [5.74, 6) is 0.673. The molecule has 0 radical (unpaired) electrons. The van der Waals surface area contributed by atoms with Gasteiger partial charge < -0.3 is 10.1 Å². The Balaban J connectivity index is 1.93. The van der Waals surface area contributed by atoms with E-state index in [1.165, 1.54) is 0 Å². The lowest BCUT2D eigenvalue weighted by Gasteiger charge is -2.33. The van der Waals surface area contributed by atoms with Crippen LogP contribution in [0.2, 0.25) is 0 Å². The highest BCUT2D eigenvalue weighted by Gasteiger charge is 2.27. The fourth-order valence-corrected chi connectivity index (χ4v) is 3.68. The minimum Gasteiger partial charge on any atom is -0.487 e. The molecule has 1 heterocycles. The summed E-state index contributed by atoms with van der Waals surface area (Å²) in [4.78, 5) is 16.8. The smallest absolute Gasteiger partial charge is 0.251 e. The Morgan fingerprint density at radius 1 is 1.16 bits per heavy atom. The lowest BCUT2D eigenvalue weighted by molar-refractivity contribution is 0.0891. The molecule has 136 valence electrons. The molecule has 0 fully saturated rings. The van der Waals surface area contributed by atoms with Crippen LogP contribution in [0, 0.1) is 12.3 Å². The molecule has 4 nitrogen and oxygen atoms in total. The van der Waals surface area contributed by atoms with Gasteiger partial charge in [0.05, 0.1) is 10.7 Å². The van der Waals surface area contributed by atoms with Gasteiger partial charge in [-0.05, 0) is 56.9 Å². The molecule has 0 aliphatic heterocycles. The Bertz CT molecular complexity index is 712. The fraction of sp³-hybridized carbons (Fsp3) is 0.500. The van der Waals surface area contributed by atoms with Crippen molar-refractivity contribution in [3.05, 3.63) is 45.9 Å².